The maximum atomic E-state index is 5.86. The number of aromatic nitrogens is 4. The van der Waals surface area contributed by atoms with Gasteiger partial charge in [0.2, 0.25) is 5.95 Å². The molecular formula is C19H28N6O. The maximum absolute atomic E-state index is 5.86. The molecule has 0 spiro atoms. The van der Waals surface area contributed by atoms with E-state index in [0.717, 1.165) is 50.8 Å². The van der Waals surface area contributed by atoms with Crippen LogP contribution in [0, 0.1) is 5.92 Å². The molecule has 2 aliphatic rings. The van der Waals surface area contributed by atoms with Gasteiger partial charge in [0.1, 0.15) is 0 Å². The van der Waals surface area contributed by atoms with Crippen LogP contribution in [0.1, 0.15) is 38.1 Å². The van der Waals surface area contributed by atoms with Gasteiger partial charge in [0.05, 0.1) is 30.1 Å². The third kappa shape index (κ3) is 4.22. The van der Waals surface area contributed by atoms with E-state index in [0.29, 0.717) is 12.5 Å². The van der Waals surface area contributed by atoms with Crippen LogP contribution in [0.15, 0.2) is 24.5 Å². The zero-order valence-electron chi connectivity index (χ0n) is 15.7. The molecule has 0 aromatic carbocycles. The average Bonchev–Trinajstić information content (AvgIpc) is 3.02. The number of anilines is 1. The minimum atomic E-state index is 0.0266. The van der Waals surface area contributed by atoms with Crippen LogP contribution in [0.2, 0.25) is 0 Å². The first-order valence-electron chi connectivity index (χ1n) is 9.50. The summed E-state index contributed by atoms with van der Waals surface area (Å²) in [5.74, 6) is 1.37. The van der Waals surface area contributed by atoms with E-state index in [1.807, 2.05) is 6.07 Å². The number of nitrogens with zero attached hydrogens (tertiary/aromatic N) is 5. The second-order valence-corrected chi connectivity index (χ2v) is 7.98. The highest BCUT2D eigenvalue weighted by molar-refractivity contribution is 5.24. The van der Waals surface area contributed by atoms with Crippen LogP contribution in [0.4, 0.5) is 5.95 Å². The molecule has 0 aliphatic carbocycles. The molecule has 1 fully saturated rings. The van der Waals surface area contributed by atoms with E-state index < -0.39 is 0 Å². The standard InChI is InChI=1S/C19H28N6O/c1-19(2)11-15(4-9-26-19)13-24-7-8-25-17(14-24)10-16(23-25)12-22-18-20-5-3-6-21-18/h3,5-6,10,15H,4,7-9,11-14H2,1-2H3,(H,20,21,22)/t15-/m0/s1. The molecule has 1 atom stereocenters. The van der Waals surface area contributed by atoms with Crippen molar-refractivity contribution in [1.29, 1.82) is 0 Å². The number of nitrogens with one attached hydrogen (secondary N) is 1. The minimum Gasteiger partial charge on any atom is -0.376 e. The lowest BCUT2D eigenvalue weighted by Gasteiger charge is -2.38. The van der Waals surface area contributed by atoms with Crippen LogP contribution in [0.25, 0.3) is 0 Å². The Bertz CT molecular complexity index is 729. The Morgan fingerprint density at radius 3 is 2.92 bits per heavy atom. The second kappa shape index (κ2) is 7.32. The van der Waals surface area contributed by atoms with Gasteiger partial charge < -0.3 is 10.1 Å². The van der Waals surface area contributed by atoms with Gasteiger partial charge in [0.25, 0.3) is 0 Å². The highest BCUT2D eigenvalue weighted by Gasteiger charge is 2.30. The number of rotatable bonds is 5. The Hall–Kier alpha value is -1.99. The molecule has 7 heteroatoms. The van der Waals surface area contributed by atoms with Gasteiger partial charge in [0.15, 0.2) is 0 Å². The molecule has 140 valence electrons. The number of ether oxygens (including phenoxy) is 1. The van der Waals surface area contributed by atoms with Gasteiger partial charge in [-0.3, -0.25) is 9.58 Å². The first kappa shape index (κ1) is 17.4. The summed E-state index contributed by atoms with van der Waals surface area (Å²) in [6.07, 6.45) is 5.80. The fourth-order valence-electron chi connectivity index (χ4n) is 4.06. The summed E-state index contributed by atoms with van der Waals surface area (Å²) in [7, 11) is 0. The number of fused-ring (bicyclic) bond motifs is 1. The summed E-state index contributed by atoms with van der Waals surface area (Å²) in [6.45, 7) is 10.1. The van der Waals surface area contributed by atoms with Gasteiger partial charge in [-0.2, -0.15) is 5.10 Å². The maximum Gasteiger partial charge on any atom is 0.222 e. The minimum absolute atomic E-state index is 0.0266. The lowest BCUT2D eigenvalue weighted by molar-refractivity contribution is -0.0777. The Morgan fingerprint density at radius 2 is 2.12 bits per heavy atom. The predicted molar refractivity (Wildman–Crippen MR) is 99.6 cm³/mol. The van der Waals surface area contributed by atoms with E-state index in [2.05, 4.69) is 44.8 Å². The third-order valence-electron chi connectivity index (χ3n) is 5.24. The molecule has 0 saturated carbocycles. The van der Waals surface area contributed by atoms with Crippen LogP contribution in [-0.4, -0.2) is 49.9 Å². The molecule has 2 aromatic heterocycles. The Labute approximate surface area is 154 Å². The molecule has 2 aliphatic heterocycles. The van der Waals surface area contributed by atoms with Crippen molar-refractivity contribution in [2.75, 3.05) is 25.0 Å². The van der Waals surface area contributed by atoms with Crippen molar-refractivity contribution in [3.05, 3.63) is 35.9 Å². The van der Waals surface area contributed by atoms with Crippen molar-refractivity contribution in [3.63, 3.8) is 0 Å². The van der Waals surface area contributed by atoms with Crippen molar-refractivity contribution in [3.8, 4) is 0 Å². The number of hydrogen-bond acceptors (Lipinski definition) is 6. The zero-order valence-corrected chi connectivity index (χ0v) is 15.7. The largest absolute Gasteiger partial charge is 0.376 e. The van der Waals surface area contributed by atoms with Crippen LogP contribution in [-0.2, 0) is 24.4 Å². The van der Waals surface area contributed by atoms with Crippen LogP contribution in [0.5, 0.6) is 0 Å². The topological polar surface area (TPSA) is 68.1 Å². The van der Waals surface area contributed by atoms with E-state index in [1.165, 1.54) is 12.1 Å². The first-order valence-corrected chi connectivity index (χ1v) is 9.50. The van der Waals surface area contributed by atoms with Crippen molar-refractivity contribution in [1.82, 2.24) is 24.6 Å². The summed E-state index contributed by atoms with van der Waals surface area (Å²) < 4.78 is 8.00. The van der Waals surface area contributed by atoms with E-state index in [4.69, 9.17) is 9.84 Å². The zero-order chi connectivity index (χ0) is 18.0. The summed E-state index contributed by atoms with van der Waals surface area (Å²) in [5, 5.41) is 7.95. The molecule has 0 amide bonds. The van der Waals surface area contributed by atoms with Gasteiger partial charge in [-0.15, -0.1) is 0 Å². The highest BCUT2D eigenvalue weighted by Crippen LogP contribution is 2.29. The quantitative estimate of drug-likeness (QED) is 0.887. The van der Waals surface area contributed by atoms with E-state index >= 15 is 0 Å². The fraction of sp³-hybridized carbons (Fsp3) is 0.632. The van der Waals surface area contributed by atoms with Gasteiger partial charge in [-0.05, 0) is 44.7 Å². The molecule has 4 rings (SSSR count). The third-order valence-corrected chi connectivity index (χ3v) is 5.24. The summed E-state index contributed by atoms with van der Waals surface area (Å²) in [6, 6.07) is 4.02. The molecule has 4 heterocycles. The number of hydrogen-bond donors (Lipinski definition) is 1. The van der Waals surface area contributed by atoms with E-state index in [-0.39, 0.29) is 5.60 Å². The lowest BCUT2D eigenvalue weighted by atomic mass is 9.88. The Kier molecular flexibility index (Phi) is 4.91. The highest BCUT2D eigenvalue weighted by atomic mass is 16.5. The van der Waals surface area contributed by atoms with Gasteiger partial charge >= 0.3 is 0 Å². The molecule has 0 bridgehead atoms. The smallest absolute Gasteiger partial charge is 0.222 e. The molecule has 26 heavy (non-hydrogen) atoms. The normalized spacial score (nSPS) is 22.8. The van der Waals surface area contributed by atoms with Gasteiger partial charge in [0, 0.05) is 38.6 Å². The lowest BCUT2D eigenvalue weighted by Crippen LogP contribution is -2.42. The van der Waals surface area contributed by atoms with Gasteiger partial charge in [-0.25, -0.2) is 9.97 Å². The summed E-state index contributed by atoms with van der Waals surface area (Å²) in [5.41, 5.74) is 2.37. The van der Waals surface area contributed by atoms with Crippen molar-refractivity contribution in [2.24, 2.45) is 5.92 Å². The van der Waals surface area contributed by atoms with Crippen molar-refractivity contribution in [2.45, 2.75) is 51.9 Å². The first-order chi connectivity index (χ1) is 12.6. The van der Waals surface area contributed by atoms with Crippen LogP contribution < -0.4 is 5.32 Å². The molecule has 0 unspecified atom stereocenters. The van der Waals surface area contributed by atoms with Crippen LogP contribution >= 0.6 is 0 Å². The molecule has 1 N–H and O–H groups in total. The van der Waals surface area contributed by atoms with E-state index in [9.17, 15) is 0 Å². The monoisotopic (exact) mass is 356 g/mol. The average molecular weight is 356 g/mol. The summed E-state index contributed by atoms with van der Waals surface area (Å²) >= 11 is 0. The van der Waals surface area contributed by atoms with Crippen LogP contribution in [0.3, 0.4) is 0 Å². The predicted octanol–water partition coefficient (Wildman–Crippen LogP) is 2.31. The Balaban J connectivity index is 1.33. The molecule has 2 aromatic rings. The van der Waals surface area contributed by atoms with Crippen molar-refractivity contribution < 1.29 is 4.74 Å². The van der Waals surface area contributed by atoms with Gasteiger partial charge in [-0.1, -0.05) is 0 Å². The fourth-order valence-corrected chi connectivity index (χ4v) is 4.06. The molecular weight excluding hydrogens is 328 g/mol. The molecule has 0 radical (unpaired) electrons. The van der Waals surface area contributed by atoms with E-state index in [1.54, 1.807) is 12.4 Å². The Morgan fingerprint density at radius 1 is 1.27 bits per heavy atom. The van der Waals surface area contributed by atoms with Crippen molar-refractivity contribution >= 4 is 5.95 Å². The second-order valence-electron chi connectivity index (χ2n) is 7.98. The SMILES string of the molecule is CC1(C)C[C@@H](CN2CCn3nc(CNc4ncccn4)cc3C2)CCO1. The molecule has 1 saturated heterocycles. The molecule has 7 nitrogen and oxygen atoms in total. The summed E-state index contributed by atoms with van der Waals surface area (Å²) in [4.78, 5) is 10.9.